The van der Waals surface area contributed by atoms with Crippen LogP contribution in [0.2, 0.25) is 0 Å². The lowest BCUT2D eigenvalue weighted by Crippen LogP contribution is -2.21. The minimum atomic E-state index is -3.61. The van der Waals surface area contributed by atoms with E-state index in [1.165, 1.54) is 12.1 Å². The average molecular weight is 477 g/mol. The summed E-state index contributed by atoms with van der Waals surface area (Å²) in [5.74, 6) is 2.74. The van der Waals surface area contributed by atoms with Crippen LogP contribution in [0.25, 0.3) is 0 Å². The zero-order valence-corrected chi connectivity index (χ0v) is 19.7. The standard InChI is InChI=1S/C11H14O3S3.C8H10O3S/c1-9-2-4-10(5-3-9)17(12,13)14-11-8-15-6-7-16-11;1-7-3-5-8(6-4-7)12(9,10)11-2/h2-5,11H,6-8H2,1H3;3-6H,1-2H3. The molecule has 160 valence electrons. The predicted octanol–water partition coefficient (Wildman–Crippen LogP) is 3.84. The van der Waals surface area contributed by atoms with Crippen LogP contribution in [0.5, 0.6) is 0 Å². The summed E-state index contributed by atoms with van der Waals surface area (Å²) in [6, 6.07) is 13.2. The molecule has 0 aliphatic carbocycles. The number of hydrogen-bond acceptors (Lipinski definition) is 8. The van der Waals surface area contributed by atoms with Gasteiger partial charge in [-0.05, 0) is 38.1 Å². The molecule has 2 aromatic carbocycles. The highest BCUT2D eigenvalue weighted by Crippen LogP contribution is 2.28. The van der Waals surface area contributed by atoms with Crippen molar-refractivity contribution in [3.05, 3.63) is 59.7 Å². The summed E-state index contributed by atoms with van der Waals surface area (Å²) < 4.78 is 55.7. The van der Waals surface area contributed by atoms with Crippen molar-refractivity contribution in [2.75, 3.05) is 24.4 Å². The molecule has 1 fully saturated rings. The Kier molecular flexibility index (Phi) is 9.05. The minimum absolute atomic E-state index is 0.190. The van der Waals surface area contributed by atoms with Crippen molar-refractivity contribution in [1.29, 1.82) is 0 Å². The molecule has 0 amide bonds. The van der Waals surface area contributed by atoms with Gasteiger partial charge in [-0.25, -0.2) is 0 Å². The van der Waals surface area contributed by atoms with E-state index in [2.05, 4.69) is 4.18 Å². The van der Waals surface area contributed by atoms with Crippen molar-refractivity contribution in [2.24, 2.45) is 0 Å². The number of hydrogen-bond donors (Lipinski definition) is 0. The third kappa shape index (κ3) is 7.62. The molecule has 1 atom stereocenters. The molecule has 0 radical (unpaired) electrons. The van der Waals surface area contributed by atoms with E-state index in [0.29, 0.717) is 0 Å². The second-order valence-electron chi connectivity index (χ2n) is 6.17. The Hall–Kier alpha value is -1.04. The monoisotopic (exact) mass is 476 g/mol. The third-order valence-electron chi connectivity index (χ3n) is 3.86. The fourth-order valence-electron chi connectivity index (χ4n) is 2.22. The maximum absolute atomic E-state index is 12.0. The molecule has 29 heavy (non-hydrogen) atoms. The van der Waals surface area contributed by atoms with Crippen molar-refractivity contribution in [2.45, 2.75) is 29.1 Å². The van der Waals surface area contributed by atoms with E-state index >= 15 is 0 Å². The van der Waals surface area contributed by atoms with Crippen LogP contribution in [-0.2, 0) is 28.6 Å². The fraction of sp³-hybridized carbons (Fsp3) is 0.368. The third-order valence-corrected chi connectivity index (χ3v) is 9.18. The molecule has 0 saturated carbocycles. The van der Waals surface area contributed by atoms with E-state index in [1.54, 1.807) is 59.9 Å². The SMILES string of the molecule is COS(=O)(=O)c1ccc(C)cc1.Cc1ccc(S(=O)(=O)OC2CSCCS2)cc1. The number of thioether (sulfide) groups is 2. The van der Waals surface area contributed by atoms with Gasteiger partial charge in [-0.15, -0.1) is 11.8 Å². The van der Waals surface area contributed by atoms with Gasteiger partial charge in [-0.2, -0.15) is 28.6 Å². The fourth-order valence-corrected chi connectivity index (χ4v) is 6.66. The van der Waals surface area contributed by atoms with Gasteiger partial charge in [0.1, 0.15) is 5.44 Å². The highest BCUT2D eigenvalue weighted by atomic mass is 32.2. The van der Waals surface area contributed by atoms with Crippen LogP contribution in [-0.4, -0.2) is 46.6 Å². The molecule has 0 bridgehead atoms. The summed E-state index contributed by atoms with van der Waals surface area (Å²) in [6.45, 7) is 3.81. The van der Waals surface area contributed by atoms with Gasteiger partial charge in [0.25, 0.3) is 20.2 Å². The lowest BCUT2D eigenvalue weighted by Gasteiger charge is -2.20. The van der Waals surface area contributed by atoms with E-state index in [1.807, 2.05) is 13.8 Å². The van der Waals surface area contributed by atoms with Crippen LogP contribution in [0.3, 0.4) is 0 Å². The summed E-state index contributed by atoms with van der Waals surface area (Å²) in [5.41, 5.74) is 1.80. The second kappa shape index (κ2) is 10.8. The Balaban J connectivity index is 0.000000221. The van der Waals surface area contributed by atoms with E-state index in [4.69, 9.17) is 4.18 Å². The number of rotatable bonds is 5. The quantitative estimate of drug-likeness (QED) is 0.602. The molecule has 3 rings (SSSR count). The Morgan fingerprint density at radius 1 is 0.793 bits per heavy atom. The maximum Gasteiger partial charge on any atom is 0.298 e. The molecule has 0 aromatic heterocycles. The van der Waals surface area contributed by atoms with Crippen molar-refractivity contribution in [3.63, 3.8) is 0 Å². The molecule has 6 nitrogen and oxygen atoms in total. The molecule has 0 spiro atoms. The van der Waals surface area contributed by atoms with Crippen molar-refractivity contribution < 1.29 is 25.2 Å². The Morgan fingerprint density at radius 3 is 1.69 bits per heavy atom. The van der Waals surface area contributed by atoms with Crippen molar-refractivity contribution >= 4 is 43.8 Å². The van der Waals surface area contributed by atoms with Crippen LogP contribution in [0.15, 0.2) is 58.3 Å². The lowest BCUT2D eigenvalue weighted by molar-refractivity contribution is 0.312. The van der Waals surface area contributed by atoms with Crippen molar-refractivity contribution in [1.82, 2.24) is 0 Å². The Labute approximate surface area is 181 Å². The highest BCUT2D eigenvalue weighted by molar-refractivity contribution is 8.06. The van der Waals surface area contributed by atoms with Gasteiger partial charge >= 0.3 is 0 Å². The van der Waals surface area contributed by atoms with Gasteiger partial charge in [-0.1, -0.05) is 35.4 Å². The number of benzene rings is 2. The first kappa shape index (κ1) is 24.2. The summed E-state index contributed by atoms with van der Waals surface area (Å²) >= 11 is 3.30. The average Bonchev–Trinajstić information content (AvgIpc) is 2.69. The summed E-state index contributed by atoms with van der Waals surface area (Å²) in [5, 5.41) is 0. The first-order valence-electron chi connectivity index (χ1n) is 8.70. The highest BCUT2D eigenvalue weighted by Gasteiger charge is 2.24. The molecular formula is C19H24O6S4. The molecule has 1 saturated heterocycles. The van der Waals surface area contributed by atoms with Gasteiger partial charge in [0.2, 0.25) is 0 Å². The first-order chi connectivity index (χ1) is 13.6. The van der Waals surface area contributed by atoms with Crippen molar-refractivity contribution in [3.8, 4) is 0 Å². The summed E-state index contributed by atoms with van der Waals surface area (Å²) in [6.07, 6.45) is 0. The van der Waals surface area contributed by atoms with Crippen LogP contribution in [0.4, 0.5) is 0 Å². The van der Waals surface area contributed by atoms with Gasteiger partial charge < -0.3 is 0 Å². The van der Waals surface area contributed by atoms with E-state index < -0.39 is 20.2 Å². The molecule has 1 aliphatic heterocycles. The molecule has 0 N–H and O–H groups in total. The van der Waals surface area contributed by atoms with Crippen LogP contribution < -0.4 is 0 Å². The summed E-state index contributed by atoms with van der Waals surface area (Å²) in [7, 11) is -5.98. The van der Waals surface area contributed by atoms with Gasteiger partial charge in [0, 0.05) is 17.3 Å². The molecular weight excluding hydrogens is 452 g/mol. The van der Waals surface area contributed by atoms with E-state index in [0.717, 1.165) is 35.5 Å². The van der Waals surface area contributed by atoms with Crippen LogP contribution in [0.1, 0.15) is 11.1 Å². The molecule has 1 heterocycles. The van der Waals surface area contributed by atoms with Gasteiger partial charge in [-0.3, -0.25) is 8.37 Å². The first-order valence-corrected chi connectivity index (χ1v) is 13.7. The Bertz CT molecular complexity index is 978. The topological polar surface area (TPSA) is 86.7 Å². The largest absolute Gasteiger partial charge is 0.298 e. The van der Waals surface area contributed by atoms with Gasteiger partial charge in [0.15, 0.2) is 0 Å². The van der Waals surface area contributed by atoms with Crippen LogP contribution >= 0.6 is 23.5 Å². The predicted molar refractivity (Wildman–Crippen MR) is 118 cm³/mol. The molecule has 10 heteroatoms. The smallest absolute Gasteiger partial charge is 0.270 e. The zero-order chi connectivity index (χ0) is 21.5. The summed E-state index contributed by atoms with van der Waals surface area (Å²) in [4.78, 5) is 0.426. The normalized spacial score (nSPS) is 17.3. The van der Waals surface area contributed by atoms with E-state index in [9.17, 15) is 16.8 Å². The zero-order valence-electron chi connectivity index (χ0n) is 16.4. The molecule has 2 aromatic rings. The molecule has 1 aliphatic rings. The second-order valence-corrected chi connectivity index (χ2v) is 11.9. The lowest BCUT2D eigenvalue weighted by atomic mass is 10.2. The molecule has 1 unspecified atom stereocenters. The van der Waals surface area contributed by atoms with Gasteiger partial charge in [0.05, 0.1) is 16.9 Å². The minimum Gasteiger partial charge on any atom is -0.270 e. The maximum atomic E-state index is 12.0. The van der Waals surface area contributed by atoms with E-state index in [-0.39, 0.29) is 15.2 Å². The Morgan fingerprint density at radius 2 is 1.28 bits per heavy atom. The number of aryl methyl sites for hydroxylation is 2. The van der Waals surface area contributed by atoms with Crippen LogP contribution in [0, 0.1) is 13.8 Å².